The number of fused-ring (bicyclic) bond motifs is 5. The predicted octanol–water partition coefficient (Wildman–Crippen LogP) is 5.03. The molecule has 33 heavy (non-hydrogen) atoms. The van der Waals surface area contributed by atoms with Crippen molar-refractivity contribution >= 4 is 11.6 Å². The van der Waals surface area contributed by atoms with Gasteiger partial charge in [-0.25, -0.2) is 0 Å². The van der Waals surface area contributed by atoms with Gasteiger partial charge >= 0.3 is 0 Å². The molecule has 0 aromatic carbocycles. The molecule has 0 unspecified atom stereocenters. The maximum atomic E-state index is 12.2. The molecule has 182 valence electrons. The Kier molecular flexibility index (Phi) is 6.01. The van der Waals surface area contributed by atoms with Gasteiger partial charge in [-0.3, -0.25) is 9.59 Å². The number of hydrogen-bond acceptors (Lipinski definition) is 4. The summed E-state index contributed by atoms with van der Waals surface area (Å²) in [5, 5.41) is 21.7. The molecule has 0 heterocycles. The third kappa shape index (κ3) is 3.80. The third-order valence-corrected chi connectivity index (χ3v) is 11.3. The number of carbonyl (C=O) groups is 2. The molecule has 0 spiro atoms. The van der Waals surface area contributed by atoms with E-state index in [-0.39, 0.29) is 34.6 Å². The number of aliphatic hydroxyl groups is 2. The van der Waals surface area contributed by atoms with Crippen LogP contribution in [0.4, 0.5) is 0 Å². The van der Waals surface area contributed by atoms with Crippen molar-refractivity contribution in [2.75, 3.05) is 0 Å². The zero-order chi connectivity index (χ0) is 23.5. The van der Waals surface area contributed by atoms with Gasteiger partial charge in [-0.15, -0.1) is 0 Å². The summed E-state index contributed by atoms with van der Waals surface area (Å²) in [6, 6.07) is 0. The van der Waals surface area contributed by atoms with Crippen molar-refractivity contribution in [1.29, 1.82) is 0 Å². The Bertz CT molecular complexity index is 873. The van der Waals surface area contributed by atoms with E-state index in [1.54, 1.807) is 0 Å². The fraction of sp³-hybridized carbons (Fsp3) is 0.793. The van der Waals surface area contributed by atoms with Crippen molar-refractivity contribution < 1.29 is 19.8 Å². The average molecular weight is 455 g/mol. The molecule has 2 N–H and O–H groups in total. The summed E-state index contributed by atoms with van der Waals surface area (Å²) in [6.45, 7) is 7.30. The molecule has 0 aromatic rings. The van der Waals surface area contributed by atoms with E-state index in [0.717, 1.165) is 32.1 Å². The first-order valence-corrected chi connectivity index (χ1v) is 13.5. The standard InChI is InChI=1S/C29H42O4/c1-17(4-5-18-14-20(30)6-9-25(18)32)22-7-8-23-27-24(11-13-29(22,23)3)28(2)12-10-21(31)15-19(28)16-26(27)33/h6,9,14,17,19,21-24,26-27,31,33H,4-5,7-8,10-13,15-16H2,1-3H3/t17-,19+,21-,22-,23+,24+,26-,27+,28+,29-/m1/s1. The van der Waals surface area contributed by atoms with Crippen LogP contribution in [0.15, 0.2) is 23.8 Å². The predicted molar refractivity (Wildman–Crippen MR) is 128 cm³/mol. The first kappa shape index (κ1) is 23.5. The molecule has 0 amide bonds. The lowest BCUT2D eigenvalue weighted by atomic mass is 9.43. The number of aliphatic hydroxyl groups excluding tert-OH is 2. The van der Waals surface area contributed by atoms with Gasteiger partial charge in [0.15, 0.2) is 11.6 Å². The van der Waals surface area contributed by atoms with Crippen molar-refractivity contribution in [3.05, 3.63) is 23.8 Å². The van der Waals surface area contributed by atoms with Gasteiger partial charge < -0.3 is 10.2 Å². The Morgan fingerprint density at radius 3 is 2.48 bits per heavy atom. The Morgan fingerprint density at radius 1 is 0.970 bits per heavy atom. The largest absolute Gasteiger partial charge is 0.393 e. The monoisotopic (exact) mass is 454 g/mol. The first-order valence-electron chi connectivity index (χ1n) is 13.5. The van der Waals surface area contributed by atoms with Crippen LogP contribution in [-0.4, -0.2) is 34.0 Å². The highest BCUT2D eigenvalue weighted by Crippen LogP contribution is 2.68. The van der Waals surface area contributed by atoms with Gasteiger partial charge in [0.2, 0.25) is 0 Å². The van der Waals surface area contributed by atoms with E-state index < -0.39 is 0 Å². The zero-order valence-corrected chi connectivity index (χ0v) is 20.6. The van der Waals surface area contributed by atoms with Crippen molar-refractivity contribution in [2.45, 2.75) is 97.2 Å². The number of hydrogen-bond donors (Lipinski definition) is 2. The molecule has 5 rings (SSSR count). The minimum atomic E-state index is -0.236. The Balaban J connectivity index is 1.31. The lowest BCUT2D eigenvalue weighted by molar-refractivity contribution is -0.174. The fourth-order valence-corrected chi connectivity index (χ4v) is 9.51. The minimum Gasteiger partial charge on any atom is -0.393 e. The van der Waals surface area contributed by atoms with Gasteiger partial charge in [0.25, 0.3) is 0 Å². The second kappa shape index (κ2) is 8.45. The van der Waals surface area contributed by atoms with Gasteiger partial charge in [0.1, 0.15) is 0 Å². The highest BCUT2D eigenvalue weighted by Gasteiger charge is 2.62. The second-order valence-corrected chi connectivity index (χ2v) is 12.7. The summed E-state index contributed by atoms with van der Waals surface area (Å²) in [4.78, 5) is 23.9. The fourth-order valence-electron chi connectivity index (χ4n) is 9.51. The molecule has 5 aliphatic rings. The Hall–Kier alpha value is -1.26. The maximum absolute atomic E-state index is 12.2. The van der Waals surface area contributed by atoms with Crippen LogP contribution >= 0.6 is 0 Å². The Morgan fingerprint density at radius 2 is 1.70 bits per heavy atom. The van der Waals surface area contributed by atoms with E-state index >= 15 is 0 Å². The van der Waals surface area contributed by atoms with Gasteiger partial charge in [0, 0.05) is 5.57 Å². The van der Waals surface area contributed by atoms with Crippen LogP contribution < -0.4 is 0 Å². The molecule has 0 bridgehead atoms. The molecular weight excluding hydrogens is 412 g/mol. The van der Waals surface area contributed by atoms with Crippen LogP contribution in [0.3, 0.4) is 0 Å². The van der Waals surface area contributed by atoms with E-state index in [0.29, 0.717) is 47.5 Å². The molecule has 4 heteroatoms. The van der Waals surface area contributed by atoms with Crippen molar-refractivity contribution in [1.82, 2.24) is 0 Å². The molecule has 4 nitrogen and oxygen atoms in total. The van der Waals surface area contributed by atoms with E-state index in [2.05, 4.69) is 20.8 Å². The van der Waals surface area contributed by atoms with Gasteiger partial charge in [-0.05, 0) is 129 Å². The molecule has 4 saturated carbocycles. The highest BCUT2D eigenvalue weighted by atomic mass is 16.3. The molecular formula is C29H42O4. The number of carbonyl (C=O) groups excluding carboxylic acids is 2. The lowest BCUT2D eigenvalue weighted by Crippen LogP contribution is -2.58. The summed E-state index contributed by atoms with van der Waals surface area (Å²) in [5.74, 6) is 3.02. The number of allylic oxidation sites excluding steroid dienone is 4. The number of rotatable bonds is 4. The van der Waals surface area contributed by atoms with E-state index in [4.69, 9.17) is 0 Å². The highest BCUT2D eigenvalue weighted by molar-refractivity contribution is 6.17. The molecule has 0 aromatic heterocycles. The van der Waals surface area contributed by atoms with E-state index in [1.165, 1.54) is 43.9 Å². The molecule has 0 aliphatic heterocycles. The molecule has 10 atom stereocenters. The molecule has 0 saturated heterocycles. The summed E-state index contributed by atoms with van der Waals surface area (Å²) in [5.41, 5.74) is 1.18. The average Bonchev–Trinajstić information content (AvgIpc) is 3.12. The molecule has 0 radical (unpaired) electrons. The van der Waals surface area contributed by atoms with Gasteiger partial charge in [0.05, 0.1) is 12.2 Å². The van der Waals surface area contributed by atoms with Crippen LogP contribution in [0.25, 0.3) is 0 Å². The quantitative estimate of drug-likeness (QED) is 0.585. The third-order valence-electron chi connectivity index (χ3n) is 11.3. The van der Waals surface area contributed by atoms with Crippen LogP contribution in [0.1, 0.15) is 85.0 Å². The summed E-state index contributed by atoms with van der Waals surface area (Å²) in [6.07, 6.45) is 14.1. The van der Waals surface area contributed by atoms with Crippen LogP contribution in [-0.2, 0) is 9.59 Å². The van der Waals surface area contributed by atoms with Crippen LogP contribution in [0.2, 0.25) is 0 Å². The van der Waals surface area contributed by atoms with Gasteiger partial charge in [-0.1, -0.05) is 20.8 Å². The summed E-state index contributed by atoms with van der Waals surface area (Å²) < 4.78 is 0. The van der Waals surface area contributed by atoms with E-state index in [1.807, 2.05) is 0 Å². The first-order chi connectivity index (χ1) is 15.6. The topological polar surface area (TPSA) is 74.6 Å². The smallest absolute Gasteiger partial charge is 0.182 e. The van der Waals surface area contributed by atoms with Gasteiger partial charge in [-0.2, -0.15) is 0 Å². The number of ketones is 2. The van der Waals surface area contributed by atoms with E-state index in [9.17, 15) is 19.8 Å². The molecule has 5 aliphatic carbocycles. The SMILES string of the molecule is C[C@H](CCC1=CC(=O)C=CC1=O)[C@H]1CC[C@H]2[C@@H]3[C@H](O)C[C@@H]4C[C@H](O)CC[C@]4(C)[C@H]3CC[C@]12C. The maximum Gasteiger partial charge on any atom is 0.182 e. The van der Waals surface area contributed by atoms with Crippen molar-refractivity contribution in [3.63, 3.8) is 0 Å². The van der Waals surface area contributed by atoms with Crippen LogP contribution in [0.5, 0.6) is 0 Å². The van der Waals surface area contributed by atoms with Crippen molar-refractivity contribution in [2.24, 2.45) is 46.3 Å². The Labute approximate surface area is 198 Å². The van der Waals surface area contributed by atoms with Crippen LogP contribution in [0, 0.1) is 46.3 Å². The zero-order valence-electron chi connectivity index (χ0n) is 20.6. The summed E-state index contributed by atoms with van der Waals surface area (Å²) >= 11 is 0. The minimum absolute atomic E-state index is 0.0106. The second-order valence-electron chi connectivity index (χ2n) is 12.7. The van der Waals surface area contributed by atoms with Crippen molar-refractivity contribution in [3.8, 4) is 0 Å². The lowest BCUT2D eigenvalue weighted by Gasteiger charge is -2.62. The molecule has 4 fully saturated rings. The normalized spacial score (nSPS) is 48.0. The summed E-state index contributed by atoms with van der Waals surface area (Å²) in [7, 11) is 0.